The second-order valence-corrected chi connectivity index (χ2v) is 45.2. The van der Waals surface area contributed by atoms with Crippen molar-refractivity contribution < 1.29 is 56.6 Å². The summed E-state index contributed by atoms with van der Waals surface area (Å²) in [5, 5.41) is 0. The summed E-state index contributed by atoms with van der Waals surface area (Å²) >= 11 is 0. The largest absolute Gasteiger partial charge is 1.00 e. The first kappa shape index (κ1) is 38.4. The second-order valence-electron chi connectivity index (χ2n) is 14.1. The Morgan fingerprint density at radius 2 is 0.714 bits per heavy atom. The summed E-state index contributed by atoms with van der Waals surface area (Å²) in [5.41, 5.74) is 0.420. The molecule has 0 aromatic carbocycles. The van der Waals surface area contributed by atoms with Crippen LogP contribution in [0, 0.1) is 5.41 Å². The monoisotopic (exact) mass is 466 g/mol. The van der Waals surface area contributed by atoms with Gasteiger partial charge in [-0.15, -0.1) is 0 Å². The molecule has 0 aliphatic carbocycles. The van der Waals surface area contributed by atoms with Crippen molar-refractivity contribution in [3.8, 4) is 0 Å². The molecule has 2 radical (unpaired) electrons. The quantitative estimate of drug-likeness (QED) is 0.397. The first-order valence-electron chi connectivity index (χ1n) is 10.2. The Bertz CT molecular complexity index is 391. The number of rotatable bonds is 7. The molecule has 0 heterocycles. The van der Waals surface area contributed by atoms with Crippen molar-refractivity contribution in [3.05, 3.63) is 0 Å². The molecule has 0 saturated heterocycles. The van der Waals surface area contributed by atoms with Gasteiger partial charge in [-0.1, -0.05) is 115 Å². The van der Waals surface area contributed by atoms with E-state index in [2.05, 4.69) is 99.3 Å². The van der Waals surface area contributed by atoms with E-state index < -0.39 is 39.9 Å². The fourth-order valence-corrected chi connectivity index (χ4v) is 77.3. The molecule has 0 fully saturated rings. The smallest absolute Gasteiger partial charge is 0.672 e. The molecule has 0 aliphatic rings. The van der Waals surface area contributed by atoms with Crippen LogP contribution in [0.15, 0.2) is 0 Å². The third-order valence-electron chi connectivity index (χ3n) is 5.32. The van der Waals surface area contributed by atoms with Crippen molar-refractivity contribution >= 4 is 49.6 Å². The molecule has 0 spiro atoms. The summed E-state index contributed by atoms with van der Waals surface area (Å²) in [6.07, 6.45) is 0. The van der Waals surface area contributed by atoms with Gasteiger partial charge in [-0.3, -0.25) is 0 Å². The van der Waals surface area contributed by atoms with Gasteiger partial charge < -0.3 is 9.76 Å². The van der Waals surface area contributed by atoms with Gasteiger partial charge in [0.05, 0.1) is 0 Å². The van der Waals surface area contributed by atoms with Crippen molar-refractivity contribution in [1.82, 2.24) is 0 Å². The van der Waals surface area contributed by atoms with Crippen molar-refractivity contribution in [3.63, 3.8) is 0 Å². The van der Waals surface area contributed by atoms with Gasteiger partial charge in [0.15, 0.2) is 0 Å². The Balaban J connectivity index is -0.000000960. The number of hydrogen-bond donors (Lipinski definition) is 0. The van der Waals surface area contributed by atoms with E-state index in [1.165, 1.54) is 6.04 Å². The van der Waals surface area contributed by atoms with Gasteiger partial charge in [0.2, 0.25) is 0 Å². The van der Waals surface area contributed by atoms with Crippen molar-refractivity contribution in [2.24, 2.45) is 5.41 Å². The van der Waals surface area contributed by atoms with Gasteiger partial charge in [-0.05, 0) is 5.41 Å². The average molecular weight is 467 g/mol. The number of hydrogen-bond acceptors (Lipinski definition) is 0. The van der Waals surface area contributed by atoms with Crippen LogP contribution < -0.4 is 56.6 Å². The summed E-state index contributed by atoms with van der Waals surface area (Å²) < 4.78 is 0. The van der Waals surface area contributed by atoms with E-state index in [-0.39, 0.29) is 56.6 Å². The van der Waals surface area contributed by atoms with Gasteiger partial charge in [-0.2, -0.15) is 7.59 Å². The van der Waals surface area contributed by atoms with Crippen LogP contribution in [0.2, 0.25) is 94.2 Å². The summed E-state index contributed by atoms with van der Waals surface area (Å²) in [4.78, 5) is 2.07. The van der Waals surface area contributed by atoms with Gasteiger partial charge in [0.1, 0.15) is 0 Å². The zero-order chi connectivity index (χ0) is 20.9. The molecule has 9 heteroatoms. The maximum atomic E-state index is 4.84. The van der Waals surface area contributed by atoms with E-state index in [1.807, 2.05) is 0 Å². The Labute approximate surface area is 224 Å². The summed E-state index contributed by atoms with van der Waals surface area (Å²) in [7, 11) is -1.82. The minimum absolute atomic E-state index is 0. The van der Waals surface area contributed by atoms with Crippen LogP contribution in [0.25, 0.3) is 0 Å². The molecular weight excluding hydrogens is 418 g/mol. The molecule has 0 nitrogen and oxygen atoms in total. The van der Waals surface area contributed by atoms with Crippen LogP contribution in [0.5, 0.6) is 0 Å². The Hall–Kier alpha value is 3.09. The fraction of sp³-hybridized carbons (Fsp3) is 1.00. The zero-order valence-electron chi connectivity index (χ0n) is 23.4. The van der Waals surface area contributed by atoms with E-state index in [0.717, 1.165) is 9.58 Å². The van der Waals surface area contributed by atoms with Crippen molar-refractivity contribution in [2.75, 3.05) is 0 Å². The molecule has 0 bridgehead atoms. The van der Waals surface area contributed by atoms with E-state index in [4.69, 9.17) is 9.76 Å². The van der Waals surface area contributed by atoms with E-state index in [9.17, 15) is 0 Å². The SMILES string of the molecule is CC(C)(C)C[Si]([Si-])(C([Si](C)(C)C)[Si](C)(C)C)C([Si](C)(C)C)[Si](C)(C)C.[Li+].[Li+].[Li+]. The molecule has 0 atom stereocenters. The maximum Gasteiger partial charge on any atom is 1.00 e. The van der Waals surface area contributed by atoms with Crippen molar-refractivity contribution in [2.45, 2.75) is 115 Å². The van der Waals surface area contributed by atoms with Crippen LogP contribution in [0.4, 0.5) is 0 Å². The molecule has 0 rings (SSSR count). The van der Waals surface area contributed by atoms with Crippen LogP contribution in [-0.2, 0) is 0 Å². The standard InChI is InChI=1S/C19H49Si6.3Li/c1-19(2,3)16-25(20,17(21(4,5)6)22(7,8)9)18(23(10,11)12)24(13,14)15;;;/h17-18H,16H2,1-15H3;;;/q-1;3*+1. The first-order valence-corrected chi connectivity index (χ1v) is 28.4. The Kier molecular flexibility index (Phi) is 16.4. The molecule has 0 N–H and O–H groups in total. The third kappa shape index (κ3) is 11.3. The third-order valence-corrected chi connectivity index (χ3v) is 48.6. The van der Waals surface area contributed by atoms with Crippen LogP contribution in [0.1, 0.15) is 20.8 Å². The Morgan fingerprint density at radius 3 is 0.821 bits per heavy atom. The first-order chi connectivity index (χ1) is 10.4. The maximum absolute atomic E-state index is 4.84. The van der Waals surface area contributed by atoms with Crippen LogP contribution in [0.3, 0.4) is 0 Å². The minimum Gasteiger partial charge on any atom is -0.672 e. The summed E-state index contributed by atoms with van der Waals surface area (Å²) in [5.74, 6) is 0. The van der Waals surface area contributed by atoms with Crippen molar-refractivity contribution in [1.29, 1.82) is 0 Å². The van der Waals surface area contributed by atoms with E-state index in [0.29, 0.717) is 5.41 Å². The molecule has 0 aromatic heterocycles. The van der Waals surface area contributed by atoms with Gasteiger partial charge in [-0.25, -0.2) is 0 Å². The molecule has 0 unspecified atom stereocenters. The molecule has 150 valence electrons. The van der Waals surface area contributed by atoms with Crippen LogP contribution >= 0.6 is 0 Å². The van der Waals surface area contributed by atoms with Gasteiger partial charge in [0, 0.05) is 32.3 Å². The Morgan fingerprint density at radius 1 is 0.536 bits per heavy atom. The summed E-state index contributed by atoms with van der Waals surface area (Å²) in [6.45, 7) is 39.5. The molecule has 0 amide bonds. The minimum atomic E-state index is -1.63. The molecule has 0 saturated carbocycles. The molecule has 0 aromatic rings. The van der Waals surface area contributed by atoms with Crippen LogP contribution in [-0.4, -0.2) is 49.6 Å². The normalized spacial score (nSPS) is 14.4. The van der Waals surface area contributed by atoms with Gasteiger partial charge >= 0.3 is 56.6 Å². The summed E-state index contributed by atoms with van der Waals surface area (Å²) in [6, 6.07) is 1.45. The predicted octanol–water partition coefficient (Wildman–Crippen LogP) is -1.59. The van der Waals surface area contributed by atoms with E-state index in [1.54, 1.807) is 0 Å². The predicted molar refractivity (Wildman–Crippen MR) is 137 cm³/mol. The second kappa shape index (κ2) is 12.0. The fourth-order valence-electron chi connectivity index (χ4n) is 6.94. The molecule has 0 aliphatic heterocycles. The average Bonchev–Trinajstić information content (AvgIpc) is 1.98. The van der Waals surface area contributed by atoms with E-state index >= 15 is 0 Å². The topological polar surface area (TPSA) is 0 Å². The zero-order valence-corrected chi connectivity index (χ0v) is 29.4. The van der Waals surface area contributed by atoms with Gasteiger partial charge in [0.25, 0.3) is 0 Å². The molecular formula is C19H49Li3Si6+2. The molecule has 28 heavy (non-hydrogen) atoms.